The molecule has 331 valence electrons. The third kappa shape index (κ3) is 54.6. The zero-order valence-electron chi connectivity index (χ0n) is 36.4. The molecule has 0 aromatic rings. The summed E-state index contributed by atoms with van der Waals surface area (Å²) in [6.07, 6.45) is -2.38. The van der Waals surface area contributed by atoms with E-state index in [-0.39, 0.29) is 139 Å². The largest absolute Gasteiger partial charge is 0.504 e. The molecule has 23 heteroatoms. The molecule has 0 spiro atoms. The molecule has 4 amide bonds. The number of quaternary nitrogens is 1. The van der Waals surface area contributed by atoms with Gasteiger partial charge in [0.15, 0.2) is 6.04 Å². The summed E-state index contributed by atoms with van der Waals surface area (Å²) in [5.41, 5.74) is 6.81. The molecule has 3 unspecified atom stereocenters. The number of carboxylic acid groups (broad SMARTS) is 1. The van der Waals surface area contributed by atoms with Gasteiger partial charge in [0, 0.05) is 98.1 Å². The van der Waals surface area contributed by atoms with Crippen molar-refractivity contribution in [2.24, 2.45) is 5.73 Å². The van der Waals surface area contributed by atoms with Crippen molar-refractivity contribution in [1.29, 1.82) is 0 Å². The standard InChI is InChI=1S/C12H21N2O5.C10H17NO6.C7H13N2O3.C2H6N.3CH3.3Y/c1-6-13-10(16)8(7-9(15)18-5)14-11(17)19-12(2,3)4;1-10(2,3)17-9(15)11-6(8(13)14)5-7(12)16-4;1-3-9-7(11)5(8)4-6(10)12-2;1-2-3;;;;;;/h6,8H,7H2,1-5H3,(H,13,16)(H,14,17);6H,5H2,1-4H3,(H,11,15)(H,13,14);3,5H,4,8H2,1-2H3,(H,9,11);2H,3H2,1H3;3*1H3;;;/q-1;;5*-1;;;/p+1. The van der Waals surface area contributed by atoms with Gasteiger partial charge in [-0.2, -0.15) is 20.8 Å². The van der Waals surface area contributed by atoms with Gasteiger partial charge in [0.1, 0.15) is 29.7 Å². The van der Waals surface area contributed by atoms with Crippen molar-refractivity contribution < 1.29 is 171 Å². The van der Waals surface area contributed by atoms with Crippen LogP contribution in [0.4, 0.5) is 9.59 Å². The van der Waals surface area contributed by atoms with Gasteiger partial charge >= 0.3 is 36.1 Å². The third-order valence-electron chi connectivity index (χ3n) is 4.78. The van der Waals surface area contributed by atoms with E-state index in [1.54, 1.807) is 62.3 Å². The normalized spacial score (nSPS) is 10.6. The first-order valence-corrected chi connectivity index (χ1v) is 15.3. The molecule has 3 atom stereocenters. The number of hydrogen-bond donors (Lipinski definition) is 7. The molecule has 10 N–H and O–H groups in total. The number of amides is 4. The van der Waals surface area contributed by atoms with E-state index in [4.69, 9.17) is 20.3 Å². The van der Waals surface area contributed by atoms with E-state index in [0.717, 1.165) is 7.11 Å². The summed E-state index contributed by atoms with van der Waals surface area (Å²) in [6, 6.07) is -3.00. The Morgan fingerprint density at radius 3 is 1.18 bits per heavy atom. The summed E-state index contributed by atoms with van der Waals surface area (Å²) in [4.78, 5) is 89.1. The van der Waals surface area contributed by atoms with Crippen LogP contribution in [0, 0.1) is 41.9 Å². The topological polar surface area (TPSA) is 305 Å². The van der Waals surface area contributed by atoms with Crippen LogP contribution in [-0.4, -0.2) is 104 Å². The molecule has 3 radical (unpaired) electrons. The number of carboxylic acids is 1. The Morgan fingerprint density at radius 2 is 0.895 bits per heavy atom. The predicted molar refractivity (Wildman–Crippen MR) is 200 cm³/mol. The molecule has 57 heavy (non-hydrogen) atoms. The molecule has 0 aliphatic heterocycles. The molecule has 0 aromatic heterocycles. The number of esters is 3. The maximum absolute atomic E-state index is 11.7. The summed E-state index contributed by atoms with van der Waals surface area (Å²) in [5, 5.41) is 18.0. The van der Waals surface area contributed by atoms with Gasteiger partial charge in [0.25, 0.3) is 0 Å². The number of carbonyl (C=O) groups excluding carboxylic acids is 7. The van der Waals surface area contributed by atoms with Crippen molar-refractivity contribution in [3.8, 4) is 0 Å². The van der Waals surface area contributed by atoms with E-state index in [1.165, 1.54) is 33.9 Å². The van der Waals surface area contributed by atoms with Crippen molar-refractivity contribution in [3.05, 3.63) is 41.9 Å². The maximum atomic E-state index is 11.7. The zero-order chi connectivity index (χ0) is 41.0. The van der Waals surface area contributed by atoms with Crippen molar-refractivity contribution in [3.63, 3.8) is 0 Å². The van der Waals surface area contributed by atoms with E-state index in [9.17, 15) is 38.4 Å². The van der Waals surface area contributed by atoms with Crippen LogP contribution in [0.1, 0.15) is 81.6 Å². The number of aliphatic carboxylic acids is 1. The van der Waals surface area contributed by atoms with Gasteiger partial charge in [-0.25, -0.2) is 27.5 Å². The first kappa shape index (κ1) is 79.7. The fourth-order valence-corrected chi connectivity index (χ4v) is 2.69. The van der Waals surface area contributed by atoms with Crippen LogP contribution in [0.3, 0.4) is 0 Å². The van der Waals surface area contributed by atoms with Crippen molar-refractivity contribution in [2.75, 3.05) is 21.3 Å². The average Bonchev–Trinajstić information content (AvgIpc) is 2.99. The van der Waals surface area contributed by atoms with Crippen LogP contribution in [0.25, 0.3) is 0 Å². The van der Waals surface area contributed by atoms with Gasteiger partial charge in [0.05, 0.1) is 34.2 Å². The summed E-state index contributed by atoms with van der Waals surface area (Å²) >= 11 is 0. The van der Waals surface area contributed by atoms with Crippen molar-refractivity contribution in [2.45, 2.75) is 111 Å². The van der Waals surface area contributed by atoms with Gasteiger partial charge < -0.3 is 83.8 Å². The Balaban J connectivity index is -0.0000000679. The minimum absolute atomic E-state index is 0. The van der Waals surface area contributed by atoms with Crippen LogP contribution in [0.5, 0.6) is 0 Å². The van der Waals surface area contributed by atoms with E-state index in [1.807, 2.05) is 0 Å². The van der Waals surface area contributed by atoms with Crippen LogP contribution in [0.15, 0.2) is 0 Å². The molecule has 0 rings (SSSR count). The van der Waals surface area contributed by atoms with Gasteiger partial charge in [-0.15, -0.1) is 0 Å². The maximum Gasteiger partial charge on any atom is 0.408 e. The molecule has 0 aromatic carbocycles. The molecule has 0 aliphatic carbocycles. The van der Waals surface area contributed by atoms with Crippen LogP contribution < -0.4 is 32.7 Å². The summed E-state index contributed by atoms with van der Waals surface area (Å²) in [6.45, 7) is 19.5. The molecule has 0 bridgehead atoms. The summed E-state index contributed by atoms with van der Waals surface area (Å²) in [5.74, 6) is -3.88. The average molecular weight is 1050 g/mol. The van der Waals surface area contributed by atoms with E-state index < -0.39 is 77.7 Å². The Morgan fingerprint density at radius 1 is 0.614 bits per heavy atom. The van der Waals surface area contributed by atoms with Gasteiger partial charge in [-0.05, 0) is 41.5 Å². The molecule has 0 saturated heterocycles. The number of rotatable bonds is 13. The Bertz CT molecular complexity index is 1110. The summed E-state index contributed by atoms with van der Waals surface area (Å²) in [7, 11) is 3.62. The van der Waals surface area contributed by atoms with Gasteiger partial charge in [-0.3, -0.25) is 30.5 Å². The van der Waals surface area contributed by atoms with Crippen molar-refractivity contribution >= 4 is 47.9 Å². The minimum Gasteiger partial charge on any atom is -0.504 e. The molecule has 20 nitrogen and oxygen atoms in total. The monoisotopic (exact) mass is 1050 g/mol. The Hall–Kier alpha value is -1.41. The van der Waals surface area contributed by atoms with Gasteiger partial charge in [0.2, 0.25) is 11.8 Å². The number of carbonyl (C=O) groups is 8. The van der Waals surface area contributed by atoms with E-state index >= 15 is 0 Å². The van der Waals surface area contributed by atoms with Crippen LogP contribution in [-0.2, 0) is 151 Å². The number of methoxy groups -OCH3 is 3. The fourth-order valence-electron chi connectivity index (χ4n) is 2.69. The first-order valence-electron chi connectivity index (χ1n) is 15.3. The van der Waals surface area contributed by atoms with Crippen molar-refractivity contribution in [1.82, 2.24) is 21.3 Å². The number of nitrogens with two attached hydrogens (primary N) is 1. The quantitative estimate of drug-likeness (QED) is 0.0775. The van der Waals surface area contributed by atoms with E-state index in [0.29, 0.717) is 0 Å². The third-order valence-corrected chi connectivity index (χ3v) is 4.78. The smallest absolute Gasteiger partial charge is 0.408 e. The molecular formula is C34H67N6O14Y3-5. The second kappa shape index (κ2) is 45.7. The second-order valence-electron chi connectivity index (χ2n) is 11.7. The number of hydrogen-bond acceptors (Lipinski definition) is 14. The molecule has 0 aliphatic rings. The molecular weight excluding hydrogens is 983 g/mol. The minimum atomic E-state index is -1.36. The predicted octanol–water partition coefficient (Wildman–Crippen LogP) is 1.20. The van der Waals surface area contributed by atoms with E-state index in [2.05, 4.69) is 41.2 Å². The van der Waals surface area contributed by atoms with Crippen LogP contribution >= 0.6 is 0 Å². The second-order valence-corrected chi connectivity index (χ2v) is 11.7. The zero-order valence-corrected chi connectivity index (χ0v) is 44.9. The molecule has 0 heterocycles. The Labute approximate surface area is 416 Å². The number of alkyl carbamates (subject to hydrolysis) is 2. The molecule has 0 saturated carbocycles. The number of ether oxygens (including phenoxy) is 5. The number of nitrogens with one attached hydrogen (secondary N) is 4. The molecule has 0 fully saturated rings. The Kier molecular flexibility index (Phi) is 63.9. The first-order chi connectivity index (χ1) is 23.4. The van der Waals surface area contributed by atoms with Gasteiger partial charge in [-0.1, -0.05) is 0 Å². The van der Waals surface area contributed by atoms with Crippen LogP contribution in [0.2, 0.25) is 0 Å². The fraction of sp³-hybridized carbons (Fsp3) is 0.588. The SMILES string of the molecule is COC(=O)CC(NC(=O)OC(C)(C)C)C(=O)O.C[CH-]N.C[CH-]NC(=O)C(CC(=O)OC)NC(=O)OC(C)(C)C.C[CH-]NC(=O)C([NH3+])CC(=O)OC.[CH3-].[CH3-].[CH3-].[Y].[Y].[Y]. The summed E-state index contributed by atoms with van der Waals surface area (Å²) < 4.78 is 23.1.